The number of aromatic nitrogens is 5. The minimum atomic E-state index is -0.688. The van der Waals surface area contributed by atoms with Crippen LogP contribution in [0.5, 0.6) is 0 Å². The molecule has 4 rings (SSSR count). The lowest BCUT2D eigenvalue weighted by molar-refractivity contribution is 0.0575. The zero-order valence-electron chi connectivity index (χ0n) is 19.9. The van der Waals surface area contributed by atoms with Crippen LogP contribution in [-0.4, -0.2) is 36.1 Å². The molecule has 10 heteroatoms. The van der Waals surface area contributed by atoms with Crippen molar-refractivity contribution in [3.05, 3.63) is 65.1 Å². The van der Waals surface area contributed by atoms with Gasteiger partial charge >= 0.3 is 6.09 Å². The van der Waals surface area contributed by atoms with Crippen molar-refractivity contribution in [2.75, 3.05) is 10.6 Å². The Bertz CT molecular complexity index is 1320. The molecule has 0 aliphatic heterocycles. The van der Waals surface area contributed by atoms with Crippen LogP contribution in [0.1, 0.15) is 51.7 Å². The van der Waals surface area contributed by atoms with Gasteiger partial charge in [-0.05, 0) is 32.3 Å². The smallest absolute Gasteiger partial charge is 0.416 e. The van der Waals surface area contributed by atoms with Gasteiger partial charge in [0.1, 0.15) is 16.6 Å². The van der Waals surface area contributed by atoms with E-state index in [0.717, 1.165) is 11.1 Å². The number of nitrogens with zero attached hydrogens (tertiary/aromatic N) is 6. The van der Waals surface area contributed by atoms with Gasteiger partial charge < -0.3 is 10.5 Å². The molecular weight excluding hydrogens is 454 g/mol. The Kier molecular flexibility index (Phi) is 6.22. The van der Waals surface area contributed by atoms with E-state index in [2.05, 4.69) is 10.1 Å². The second kappa shape index (κ2) is 8.98. The number of nitrogen functional groups attached to an aromatic ring is 1. The van der Waals surface area contributed by atoms with E-state index in [9.17, 15) is 4.79 Å². The van der Waals surface area contributed by atoms with Crippen molar-refractivity contribution in [2.24, 2.45) is 0 Å². The van der Waals surface area contributed by atoms with Gasteiger partial charge in [-0.15, -0.1) is 5.10 Å². The minimum Gasteiger partial charge on any atom is -0.443 e. The Morgan fingerprint density at radius 3 is 2.53 bits per heavy atom. The molecule has 0 fully saturated rings. The van der Waals surface area contributed by atoms with E-state index in [1.54, 1.807) is 27.7 Å². The summed E-state index contributed by atoms with van der Waals surface area (Å²) in [6.45, 7) is 9.80. The van der Waals surface area contributed by atoms with Gasteiger partial charge in [0, 0.05) is 11.6 Å². The molecule has 9 nitrogen and oxygen atoms in total. The standard InChI is InChI=1S/C24H28ClN7O2/c1-15(2)20-21-28-18(25)11-19(32(21)29-22(20)31-14-17(26)12-27-31)30(23(33)34-24(3,4)5)13-16-9-7-6-8-10-16/h6-12,14-15H,13,26H2,1-5H3. The van der Waals surface area contributed by atoms with Crippen molar-refractivity contribution in [3.8, 4) is 5.82 Å². The number of carbonyl (C=O) groups excluding carboxylic acids is 1. The maximum Gasteiger partial charge on any atom is 0.416 e. The summed E-state index contributed by atoms with van der Waals surface area (Å²) in [5, 5.41) is 9.35. The normalized spacial score (nSPS) is 11.9. The fraction of sp³-hybridized carbons (Fsp3) is 0.333. The SMILES string of the molecule is CC(C)c1c(-n2cc(N)cn2)nn2c(N(Cc3ccccc3)C(=O)OC(C)(C)C)cc(Cl)nc12. The first kappa shape index (κ1) is 23.6. The van der Waals surface area contributed by atoms with Crippen LogP contribution in [0.2, 0.25) is 5.15 Å². The highest BCUT2D eigenvalue weighted by atomic mass is 35.5. The number of hydrogen-bond donors (Lipinski definition) is 1. The number of halogens is 1. The third-order valence-corrected chi connectivity index (χ3v) is 5.22. The van der Waals surface area contributed by atoms with Crippen LogP contribution in [-0.2, 0) is 11.3 Å². The second-order valence-corrected chi connectivity index (χ2v) is 9.72. The number of carbonyl (C=O) groups is 1. The second-order valence-electron chi connectivity index (χ2n) is 9.33. The molecule has 1 aromatic carbocycles. The zero-order valence-corrected chi connectivity index (χ0v) is 20.6. The third kappa shape index (κ3) is 4.84. The number of fused-ring (bicyclic) bond motifs is 1. The minimum absolute atomic E-state index is 0.0424. The molecule has 0 saturated heterocycles. The molecule has 0 spiro atoms. The van der Waals surface area contributed by atoms with Gasteiger partial charge in [-0.3, -0.25) is 4.90 Å². The molecule has 0 saturated carbocycles. The summed E-state index contributed by atoms with van der Waals surface area (Å²) in [6, 6.07) is 11.3. The molecule has 3 heterocycles. The largest absolute Gasteiger partial charge is 0.443 e. The van der Waals surface area contributed by atoms with E-state index in [0.29, 0.717) is 23.0 Å². The number of rotatable bonds is 5. The lowest BCUT2D eigenvalue weighted by Crippen LogP contribution is -2.37. The fourth-order valence-electron chi connectivity index (χ4n) is 3.63. The summed E-state index contributed by atoms with van der Waals surface area (Å²) in [7, 11) is 0. The van der Waals surface area contributed by atoms with Gasteiger partial charge in [-0.1, -0.05) is 55.8 Å². The first-order valence-corrected chi connectivity index (χ1v) is 11.4. The van der Waals surface area contributed by atoms with Gasteiger partial charge in [-0.25, -0.2) is 14.5 Å². The monoisotopic (exact) mass is 481 g/mol. The molecule has 178 valence electrons. The van der Waals surface area contributed by atoms with Crippen LogP contribution in [0, 0.1) is 0 Å². The highest BCUT2D eigenvalue weighted by Crippen LogP contribution is 2.32. The number of ether oxygens (including phenoxy) is 1. The predicted octanol–water partition coefficient (Wildman–Crippen LogP) is 5.22. The van der Waals surface area contributed by atoms with Gasteiger partial charge in [-0.2, -0.15) is 9.61 Å². The van der Waals surface area contributed by atoms with Crippen molar-refractivity contribution < 1.29 is 9.53 Å². The Morgan fingerprint density at radius 1 is 1.24 bits per heavy atom. The topological polar surface area (TPSA) is 104 Å². The van der Waals surface area contributed by atoms with Crippen LogP contribution in [0.25, 0.3) is 11.5 Å². The Balaban J connectivity index is 1.94. The Hall–Kier alpha value is -3.59. The zero-order chi connectivity index (χ0) is 24.6. The third-order valence-electron chi connectivity index (χ3n) is 5.03. The van der Waals surface area contributed by atoms with Gasteiger partial charge in [0.05, 0.1) is 24.6 Å². The molecule has 0 aliphatic carbocycles. The van der Waals surface area contributed by atoms with Crippen LogP contribution < -0.4 is 10.6 Å². The summed E-state index contributed by atoms with van der Waals surface area (Å²) < 4.78 is 8.95. The average molecular weight is 482 g/mol. The van der Waals surface area contributed by atoms with Crippen LogP contribution in [0.15, 0.2) is 48.8 Å². The molecule has 0 aliphatic rings. The van der Waals surface area contributed by atoms with Crippen molar-refractivity contribution in [1.82, 2.24) is 24.4 Å². The predicted molar refractivity (Wildman–Crippen MR) is 132 cm³/mol. The van der Waals surface area contributed by atoms with E-state index in [-0.39, 0.29) is 17.6 Å². The molecule has 1 amide bonds. The van der Waals surface area contributed by atoms with Crippen LogP contribution in [0.3, 0.4) is 0 Å². The van der Waals surface area contributed by atoms with Crippen LogP contribution >= 0.6 is 11.6 Å². The lowest BCUT2D eigenvalue weighted by atomic mass is 10.1. The molecular formula is C24H28ClN7O2. The molecule has 34 heavy (non-hydrogen) atoms. The number of hydrogen-bond acceptors (Lipinski definition) is 6. The van der Waals surface area contributed by atoms with Gasteiger partial charge in [0.2, 0.25) is 0 Å². The first-order valence-electron chi connectivity index (χ1n) is 11.0. The molecule has 4 aromatic rings. The lowest BCUT2D eigenvalue weighted by Gasteiger charge is -2.27. The summed E-state index contributed by atoms with van der Waals surface area (Å²) in [4.78, 5) is 19.4. The molecule has 3 aromatic heterocycles. The highest BCUT2D eigenvalue weighted by molar-refractivity contribution is 6.29. The quantitative estimate of drug-likeness (QED) is 0.392. The molecule has 2 N–H and O–H groups in total. The van der Waals surface area contributed by atoms with Crippen molar-refractivity contribution in [2.45, 2.75) is 52.7 Å². The van der Waals surface area contributed by atoms with Crippen molar-refractivity contribution in [1.29, 1.82) is 0 Å². The van der Waals surface area contributed by atoms with Crippen molar-refractivity contribution >= 4 is 34.8 Å². The number of benzene rings is 1. The Morgan fingerprint density at radius 2 is 1.94 bits per heavy atom. The summed E-state index contributed by atoms with van der Waals surface area (Å²) in [6.07, 6.45) is 2.72. The summed E-state index contributed by atoms with van der Waals surface area (Å²) in [5.74, 6) is 1.04. The summed E-state index contributed by atoms with van der Waals surface area (Å²) >= 11 is 6.47. The number of nitrogens with two attached hydrogens (primary N) is 1. The van der Waals surface area contributed by atoms with Crippen LogP contribution in [0.4, 0.5) is 16.3 Å². The molecule has 0 bridgehead atoms. The molecule has 0 atom stereocenters. The Labute approximate surface area is 203 Å². The van der Waals surface area contributed by atoms with E-state index in [1.165, 1.54) is 4.90 Å². The average Bonchev–Trinajstić information content (AvgIpc) is 3.34. The van der Waals surface area contributed by atoms with E-state index in [1.807, 2.05) is 65.0 Å². The van der Waals surface area contributed by atoms with E-state index < -0.39 is 11.7 Å². The first-order chi connectivity index (χ1) is 16.0. The number of amides is 1. The fourth-order valence-corrected chi connectivity index (χ4v) is 3.81. The molecule has 0 unspecified atom stereocenters. The van der Waals surface area contributed by atoms with E-state index in [4.69, 9.17) is 27.2 Å². The maximum absolute atomic E-state index is 13.4. The number of anilines is 2. The maximum atomic E-state index is 13.4. The van der Waals surface area contributed by atoms with Gasteiger partial charge in [0.25, 0.3) is 0 Å². The highest BCUT2D eigenvalue weighted by Gasteiger charge is 2.29. The van der Waals surface area contributed by atoms with Gasteiger partial charge in [0.15, 0.2) is 11.5 Å². The summed E-state index contributed by atoms with van der Waals surface area (Å²) in [5.41, 5.74) is 8.00. The molecule has 0 radical (unpaired) electrons. The van der Waals surface area contributed by atoms with Crippen molar-refractivity contribution in [3.63, 3.8) is 0 Å². The van der Waals surface area contributed by atoms with E-state index >= 15 is 0 Å².